The lowest BCUT2D eigenvalue weighted by Gasteiger charge is -2.17. The summed E-state index contributed by atoms with van der Waals surface area (Å²) in [6, 6.07) is 19.9. The highest BCUT2D eigenvalue weighted by Gasteiger charge is 2.35. The van der Waals surface area contributed by atoms with E-state index < -0.39 is 5.92 Å². The molecule has 2 aliphatic heterocycles. The van der Waals surface area contributed by atoms with Gasteiger partial charge in [-0.3, -0.25) is 14.4 Å². The maximum Gasteiger partial charge on any atom is 0.262 e. The molecular formula is C28H27N3O6. The van der Waals surface area contributed by atoms with E-state index in [2.05, 4.69) is 10.6 Å². The minimum Gasteiger partial charge on any atom is -0.484 e. The van der Waals surface area contributed by atoms with Crippen LogP contribution >= 0.6 is 0 Å². The van der Waals surface area contributed by atoms with Gasteiger partial charge in [0.1, 0.15) is 5.75 Å². The highest BCUT2D eigenvalue weighted by atomic mass is 16.7. The second-order valence-corrected chi connectivity index (χ2v) is 9.01. The number of nitrogens with zero attached hydrogens (tertiary/aromatic N) is 1. The van der Waals surface area contributed by atoms with Gasteiger partial charge in [0, 0.05) is 30.9 Å². The van der Waals surface area contributed by atoms with Crippen LogP contribution in [0.3, 0.4) is 0 Å². The van der Waals surface area contributed by atoms with Crippen LogP contribution in [0.2, 0.25) is 0 Å². The van der Waals surface area contributed by atoms with Gasteiger partial charge in [-0.05, 0) is 61.0 Å². The zero-order valence-corrected chi connectivity index (χ0v) is 20.4. The van der Waals surface area contributed by atoms with Crippen LogP contribution in [0.1, 0.15) is 17.5 Å². The Bertz CT molecular complexity index is 1310. The predicted molar refractivity (Wildman–Crippen MR) is 137 cm³/mol. The van der Waals surface area contributed by atoms with Crippen LogP contribution < -0.4 is 29.7 Å². The normalized spacial score (nSPS) is 16.0. The molecule has 190 valence electrons. The van der Waals surface area contributed by atoms with Gasteiger partial charge in [-0.1, -0.05) is 23.8 Å². The van der Waals surface area contributed by atoms with E-state index in [9.17, 15) is 14.4 Å². The molecule has 0 unspecified atom stereocenters. The number of nitrogens with one attached hydrogen (secondary N) is 2. The van der Waals surface area contributed by atoms with Crippen molar-refractivity contribution in [3.63, 3.8) is 0 Å². The lowest BCUT2D eigenvalue weighted by atomic mass is 10.1. The molecule has 1 fully saturated rings. The van der Waals surface area contributed by atoms with Gasteiger partial charge in [-0.15, -0.1) is 0 Å². The topological polar surface area (TPSA) is 106 Å². The van der Waals surface area contributed by atoms with Gasteiger partial charge in [0.25, 0.3) is 5.91 Å². The van der Waals surface area contributed by atoms with Gasteiger partial charge in [-0.2, -0.15) is 0 Å². The Morgan fingerprint density at radius 1 is 1.00 bits per heavy atom. The molecule has 0 aliphatic carbocycles. The second kappa shape index (κ2) is 10.6. The van der Waals surface area contributed by atoms with E-state index in [1.807, 2.05) is 49.4 Å². The first kappa shape index (κ1) is 24.2. The Labute approximate surface area is 214 Å². The van der Waals surface area contributed by atoms with Crippen LogP contribution in [0.4, 0.5) is 11.4 Å². The number of aryl methyl sites for hydroxylation is 1. The maximum absolute atomic E-state index is 12.7. The van der Waals surface area contributed by atoms with Crippen molar-refractivity contribution in [1.29, 1.82) is 0 Å². The molecule has 2 aliphatic rings. The summed E-state index contributed by atoms with van der Waals surface area (Å²) < 4.78 is 16.2. The number of carbonyl (C=O) groups excluding carboxylic acids is 3. The number of fused-ring (bicyclic) bond motifs is 1. The zero-order valence-electron chi connectivity index (χ0n) is 20.4. The minimum absolute atomic E-state index is 0.116. The van der Waals surface area contributed by atoms with E-state index in [0.29, 0.717) is 41.7 Å². The number of hydrogen-bond acceptors (Lipinski definition) is 6. The van der Waals surface area contributed by atoms with E-state index in [-0.39, 0.29) is 37.5 Å². The van der Waals surface area contributed by atoms with E-state index in [0.717, 1.165) is 11.1 Å². The molecule has 0 spiro atoms. The SMILES string of the molecule is Cc1ccc(NC(=O)COc2ccc(N3C[C@@H](C(=O)NCc4ccc5c(c4)OCO5)CC3=O)cc2)cc1. The maximum atomic E-state index is 12.7. The first-order valence-electron chi connectivity index (χ1n) is 12.0. The Morgan fingerprint density at radius 3 is 2.54 bits per heavy atom. The van der Waals surface area contributed by atoms with Crippen LogP contribution in [0.25, 0.3) is 0 Å². The van der Waals surface area contributed by atoms with Crippen LogP contribution in [0.15, 0.2) is 66.7 Å². The van der Waals surface area contributed by atoms with Gasteiger partial charge < -0.3 is 29.7 Å². The number of anilines is 2. The summed E-state index contributed by atoms with van der Waals surface area (Å²) in [6.07, 6.45) is 0.143. The molecule has 2 N–H and O–H groups in total. The minimum atomic E-state index is -0.442. The highest BCUT2D eigenvalue weighted by molar-refractivity contribution is 6.00. The number of hydrogen-bond donors (Lipinski definition) is 2. The van der Waals surface area contributed by atoms with Crippen molar-refractivity contribution in [3.8, 4) is 17.2 Å². The molecule has 9 nitrogen and oxygen atoms in total. The number of rotatable bonds is 8. The largest absolute Gasteiger partial charge is 0.484 e. The van der Waals surface area contributed by atoms with E-state index >= 15 is 0 Å². The Morgan fingerprint density at radius 2 is 1.76 bits per heavy atom. The van der Waals surface area contributed by atoms with Gasteiger partial charge in [0.2, 0.25) is 18.6 Å². The van der Waals surface area contributed by atoms with Crippen molar-refractivity contribution < 1.29 is 28.6 Å². The Balaban J connectivity index is 1.10. The summed E-state index contributed by atoms with van der Waals surface area (Å²) in [5.74, 6) is 0.859. The summed E-state index contributed by atoms with van der Waals surface area (Å²) in [6.45, 7) is 2.67. The smallest absolute Gasteiger partial charge is 0.262 e. The average Bonchev–Trinajstić information content (AvgIpc) is 3.54. The Kier molecular flexibility index (Phi) is 6.93. The quantitative estimate of drug-likeness (QED) is 0.490. The van der Waals surface area contributed by atoms with Crippen LogP contribution in [0.5, 0.6) is 17.2 Å². The summed E-state index contributed by atoms with van der Waals surface area (Å²) in [5, 5.41) is 5.69. The molecule has 5 rings (SSSR count). The van der Waals surface area contributed by atoms with Gasteiger partial charge in [0.15, 0.2) is 18.1 Å². The van der Waals surface area contributed by atoms with Crippen molar-refractivity contribution in [1.82, 2.24) is 5.32 Å². The van der Waals surface area contributed by atoms with Crippen molar-refractivity contribution in [2.45, 2.75) is 19.9 Å². The lowest BCUT2D eigenvalue weighted by Crippen LogP contribution is -2.32. The molecule has 3 aromatic carbocycles. The summed E-state index contributed by atoms with van der Waals surface area (Å²) in [5.41, 5.74) is 3.38. The molecule has 0 radical (unpaired) electrons. The lowest BCUT2D eigenvalue weighted by molar-refractivity contribution is -0.126. The van der Waals surface area contributed by atoms with E-state index in [4.69, 9.17) is 14.2 Å². The highest BCUT2D eigenvalue weighted by Crippen LogP contribution is 2.32. The fourth-order valence-electron chi connectivity index (χ4n) is 4.22. The van der Waals surface area contributed by atoms with Crippen molar-refractivity contribution in [2.24, 2.45) is 5.92 Å². The molecule has 1 atom stereocenters. The van der Waals surface area contributed by atoms with E-state index in [1.54, 1.807) is 29.2 Å². The molecule has 1 saturated heterocycles. The monoisotopic (exact) mass is 501 g/mol. The number of benzene rings is 3. The molecular weight excluding hydrogens is 474 g/mol. The molecule has 0 saturated carbocycles. The first-order valence-corrected chi connectivity index (χ1v) is 12.0. The zero-order chi connectivity index (χ0) is 25.8. The molecule has 3 amide bonds. The fourth-order valence-corrected chi connectivity index (χ4v) is 4.22. The van der Waals surface area contributed by atoms with Crippen LogP contribution in [-0.2, 0) is 20.9 Å². The third kappa shape index (κ3) is 5.83. The molecule has 3 aromatic rings. The number of ether oxygens (including phenoxy) is 3. The molecule has 37 heavy (non-hydrogen) atoms. The molecule has 0 bridgehead atoms. The first-order chi connectivity index (χ1) is 17.9. The predicted octanol–water partition coefficient (Wildman–Crippen LogP) is 3.41. The third-order valence-electron chi connectivity index (χ3n) is 6.25. The third-order valence-corrected chi connectivity index (χ3v) is 6.25. The Hall–Kier alpha value is -4.53. The summed E-state index contributed by atoms with van der Waals surface area (Å²) in [4.78, 5) is 39.1. The average molecular weight is 502 g/mol. The van der Waals surface area contributed by atoms with Gasteiger partial charge in [0.05, 0.1) is 5.92 Å². The standard InChI is InChI=1S/C28H27N3O6/c1-18-2-5-21(6-3-18)30-26(32)16-35-23-9-7-22(8-10-23)31-15-20(13-27(31)33)28(34)29-14-19-4-11-24-25(12-19)37-17-36-24/h2-12,20H,13-17H2,1H3,(H,29,34)(H,30,32)/t20-/m0/s1. The van der Waals surface area contributed by atoms with Crippen LogP contribution in [0, 0.1) is 12.8 Å². The molecule has 2 heterocycles. The fraction of sp³-hybridized carbons (Fsp3) is 0.250. The van der Waals surface area contributed by atoms with Crippen molar-refractivity contribution in [3.05, 3.63) is 77.9 Å². The number of amides is 3. The summed E-state index contributed by atoms with van der Waals surface area (Å²) >= 11 is 0. The van der Waals surface area contributed by atoms with Crippen molar-refractivity contribution in [2.75, 3.05) is 30.2 Å². The van der Waals surface area contributed by atoms with Crippen LogP contribution in [-0.4, -0.2) is 37.7 Å². The van der Waals surface area contributed by atoms with Crippen molar-refractivity contribution >= 4 is 29.1 Å². The molecule has 0 aromatic heterocycles. The number of carbonyl (C=O) groups is 3. The van der Waals surface area contributed by atoms with E-state index in [1.165, 1.54) is 0 Å². The van der Waals surface area contributed by atoms with Gasteiger partial charge >= 0.3 is 0 Å². The van der Waals surface area contributed by atoms with Gasteiger partial charge in [-0.25, -0.2) is 0 Å². The second-order valence-electron chi connectivity index (χ2n) is 9.01. The molecule has 9 heteroatoms. The summed E-state index contributed by atoms with van der Waals surface area (Å²) in [7, 11) is 0.